The summed E-state index contributed by atoms with van der Waals surface area (Å²) in [6, 6.07) is 19.2. The number of fused-ring (bicyclic) bond motifs is 1. The number of anilines is 1. The Kier molecular flexibility index (Phi) is 3.18. The lowest BCUT2D eigenvalue weighted by molar-refractivity contribution is 1.03. The molecular weight excluding hydrogens is 300 g/mol. The third kappa shape index (κ3) is 2.16. The summed E-state index contributed by atoms with van der Waals surface area (Å²) in [4.78, 5) is 0. The molecule has 0 amide bonds. The lowest BCUT2D eigenvalue weighted by Gasteiger charge is -2.10. The minimum absolute atomic E-state index is 0.425. The van der Waals surface area contributed by atoms with E-state index in [9.17, 15) is 5.26 Å². The Balaban J connectivity index is 2.11. The number of H-pyrrole nitrogens is 1. The van der Waals surface area contributed by atoms with Crippen LogP contribution in [0.25, 0.3) is 33.4 Å². The zero-order chi connectivity index (χ0) is 16.5. The monoisotopic (exact) mass is 312 g/mol. The van der Waals surface area contributed by atoms with Gasteiger partial charge in [-0.3, -0.25) is 5.10 Å². The molecule has 0 aliphatic rings. The van der Waals surface area contributed by atoms with Gasteiger partial charge in [0.15, 0.2) is 0 Å². The predicted molar refractivity (Wildman–Crippen MR) is 91.7 cm³/mol. The van der Waals surface area contributed by atoms with Crippen molar-refractivity contribution in [1.29, 1.82) is 5.26 Å². The number of nitrogen functional groups attached to an aromatic ring is 1. The molecule has 24 heavy (non-hydrogen) atoms. The number of hydrogen-bond acceptors (Lipinski definition) is 5. The van der Waals surface area contributed by atoms with Crippen molar-refractivity contribution in [2.75, 3.05) is 5.73 Å². The molecule has 4 rings (SSSR count). The van der Waals surface area contributed by atoms with Gasteiger partial charge in [-0.2, -0.15) is 10.4 Å². The molecular formula is C18H12N6. The summed E-state index contributed by atoms with van der Waals surface area (Å²) in [5.41, 5.74) is 10.4. The van der Waals surface area contributed by atoms with E-state index in [1.54, 1.807) is 6.07 Å². The molecule has 2 aromatic heterocycles. The van der Waals surface area contributed by atoms with Crippen molar-refractivity contribution in [1.82, 2.24) is 20.4 Å². The Morgan fingerprint density at radius 3 is 2.54 bits per heavy atom. The molecule has 2 aromatic carbocycles. The highest BCUT2D eigenvalue weighted by molar-refractivity contribution is 6.04. The van der Waals surface area contributed by atoms with Crippen molar-refractivity contribution in [3.8, 4) is 28.5 Å². The van der Waals surface area contributed by atoms with E-state index in [1.807, 2.05) is 48.5 Å². The van der Waals surface area contributed by atoms with Gasteiger partial charge < -0.3 is 5.73 Å². The second kappa shape index (κ2) is 5.48. The van der Waals surface area contributed by atoms with Crippen molar-refractivity contribution >= 4 is 16.9 Å². The smallest absolute Gasteiger partial charge is 0.205 e. The molecule has 0 saturated carbocycles. The molecule has 6 heteroatoms. The predicted octanol–water partition coefficient (Wildman–Crippen LogP) is 3.14. The molecule has 3 N–H and O–H groups in total. The molecule has 0 radical (unpaired) electrons. The number of nitriles is 1. The van der Waals surface area contributed by atoms with Gasteiger partial charge in [0.2, 0.25) is 5.65 Å². The molecule has 0 bridgehead atoms. The lowest BCUT2D eigenvalue weighted by Crippen LogP contribution is -1.96. The third-order valence-corrected chi connectivity index (χ3v) is 3.83. The van der Waals surface area contributed by atoms with Gasteiger partial charge >= 0.3 is 0 Å². The van der Waals surface area contributed by atoms with E-state index in [1.165, 1.54) is 0 Å². The maximum atomic E-state index is 9.20. The van der Waals surface area contributed by atoms with Crippen LogP contribution in [0.2, 0.25) is 0 Å². The largest absolute Gasteiger partial charge is 0.383 e. The van der Waals surface area contributed by atoms with Gasteiger partial charge in [0.05, 0.1) is 17.0 Å². The third-order valence-electron chi connectivity index (χ3n) is 3.83. The molecule has 0 aliphatic carbocycles. The number of nitrogens with two attached hydrogens (primary N) is 1. The SMILES string of the molecule is N#Cc1cccc(-c2c(-c3ccccc3)nnc3n[nH]c(N)c23)c1. The van der Waals surface area contributed by atoms with Crippen molar-refractivity contribution in [2.45, 2.75) is 0 Å². The van der Waals surface area contributed by atoms with Gasteiger partial charge in [0, 0.05) is 11.1 Å². The van der Waals surface area contributed by atoms with Crippen LogP contribution >= 0.6 is 0 Å². The van der Waals surface area contributed by atoms with Gasteiger partial charge in [-0.1, -0.05) is 42.5 Å². The zero-order valence-corrected chi connectivity index (χ0v) is 12.6. The van der Waals surface area contributed by atoms with Crippen molar-refractivity contribution in [2.24, 2.45) is 0 Å². The minimum atomic E-state index is 0.425. The molecule has 4 aromatic rings. The van der Waals surface area contributed by atoms with Gasteiger partial charge in [0.1, 0.15) is 11.5 Å². The first-order valence-corrected chi connectivity index (χ1v) is 7.34. The second-order valence-corrected chi connectivity index (χ2v) is 5.32. The summed E-state index contributed by atoms with van der Waals surface area (Å²) in [7, 11) is 0. The Labute approximate surface area is 137 Å². The number of nitrogens with zero attached hydrogens (tertiary/aromatic N) is 4. The van der Waals surface area contributed by atoms with Crippen LogP contribution in [-0.4, -0.2) is 20.4 Å². The summed E-state index contributed by atoms with van der Waals surface area (Å²) in [5.74, 6) is 0.425. The average molecular weight is 312 g/mol. The van der Waals surface area contributed by atoms with E-state index in [4.69, 9.17) is 5.73 Å². The van der Waals surface area contributed by atoms with E-state index in [2.05, 4.69) is 26.5 Å². The fourth-order valence-corrected chi connectivity index (χ4v) is 2.75. The second-order valence-electron chi connectivity index (χ2n) is 5.32. The maximum Gasteiger partial charge on any atom is 0.205 e. The van der Waals surface area contributed by atoms with Crippen LogP contribution < -0.4 is 5.73 Å². The van der Waals surface area contributed by atoms with Crippen molar-refractivity contribution in [3.05, 3.63) is 60.2 Å². The highest BCUT2D eigenvalue weighted by atomic mass is 15.2. The standard InChI is InChI=1S/C18H12N6/c19-10-11-5-4-8-13(9-11)14-15-17(20)22-24-18(15)23-21-16(14)12-6-2-1-3-7-12/h1-9H,(H3,20,22,23,24). The van der Waals surface area contributed by atoms with Crippen molar-refractivity contribution in [3.63, 3.8) is 0 Å². The molecule has 0 unspecified atom stereocenters. The number of hydrogen-bond donors (Lipinski definition) is 2. The van der Waals surface area contributed by atoms with E-state index in [0.717, 1.165) is 16.7 Å². The maximum absolute atomic E-state index is 9.20. The number of aromatic nitrogens is 4. The first kappa shape index (κ1) is 13.9. The normalized spacial score (nSPS) is 10.6. The molecule has 0 spiro atoms. The van der Waals surface area contributed by atoms with E-state index >= 15 is 0 Å². The number of nitrogens with one attached hydrogen (secondary N) is 1. The fourth-order valence-electron chi connectivity index (χ4n) is 2.75. The minimum Gasteiger partial charge on any atom is -0.383 e. The van der Waals surface area contributed by atoms with E-state index < -0.39 is 0 Å². The van der Waals surface area contributed by atoms with Crippen LogP contribution in [0.15, 0.2) is 54.6 Å². The Morgan fingerprint density at radius 1 is 0.958 bits per heavy atom. The summed E-state index contributed by atoms with van der Waals surface area (Å²) in [6.07, 6.45) is 0. The summed E-state index contributed by atoms with van der Waals surface area (Å²) < 4.78 is 0. The topological polar surface area (TPSA) is 104 Å². The average Bonchev–Trinajstić information content (AvgIpc) is 3.03. The molecule has 0 saturated heterocycles. The molecule has 114 valence electrons. The Hall–Kier alpha value is -3.72. The van der Waals surface area contributed by atoms with Crippen LogP contribution in [0.5, 0.6) is 0 Å². The molecule has 2 heterocycles. The number of benzene rings is 2. The number of aromatic amines is 1. The zero-order valence-electron chi connectivity index (χ0n) is 12.6. The lowest BCUT2D eigenvalue weighted by atomic mass is 9.96. The Morgan fingerprint density at radius 2 is 1.75 bits per heavy atom. The highest BCUT2D eigenvalue weighted by Gasteiger charge is 2.18. The van der Waals surface area contributed by atoms with Gasteiger partial charge in [-0.05, 0) is 17.7 Å². The van der Waals surface area contributed by atoms with Crippen molar-refractivity contribution < 1.29 is 0 Å². The van der Waals surface area contributed by atoms with Gasteiger partial charge in [-0.25, -0.2) is 0 Å². The molecule has 0 atom stereocenters. The Bertz CT molecular complexity index is 1080. The molecule has 0 aliphatic heterocycles. The molecule has 6 nitrogen and oxygen atoms in total. The van der Waals surface area contributed by atoms with Crippen LogP contribution in [0, 0.1) is 11.3 Å². The van der Waals surface area contributed by atoms with Gasteiger partial charge in [0.25, 0.3) is 0 Å². The van der Waals surface area contributed by atoms with E-state index in [0.29, 0.717) is 28.1 Å². The number of rotatable bonds is 2. The first-order valence-electron chi connectivity index (χ1n) is 7.34. The molecule has 0 fully saturated rings. The highest BCUT2D eigenvalue weighted by Crippen LogP contribution is 2.37. The van der Waals surface area contributed by atoms with Crippen LogP contribution in [0.3, 0.4) is 0 Å². The quantitative estimate of drug-likeness (QED) is 0.591. The summed E-state index contributed by atoms with van der Waals surface area (Å²) >= 11 is 0. The summed E-state index contributed by atoms with van der Waals surface area (Å²) in [6.45, 7) is 0. The summed E-state index contributed by atoms with van der Waals surface area (Å²) in [5, 5.41) is 25.3. The van der Waals surface area contributed by atoms with E-state index in [-0.39, 0.29) is 0 Å². The van der Waals surface area contributed by atoms with Crippen LogP contribution in [0.4, 0.5) is 5.82 Å². The van der Waals surface area contributed by atoms with Gasteiger partial charge in [-0.15, -0.1) is 10.2 Å². The van der Waals surface area contributed by atoms with Crippen LogP contribution in [-0.2, 0) is 0 Å². The fraction of sp³-hybridized carbons (Fsp3) is 0. The first-order chi connectivity index (χ1) is 11.8. The van der Waals surface area contributed by atoms with Crippen LogP contribution in [0.1, 0.15) is 5.56 Å².